The number of fused-ring (bicyclic) bond motifs is 5. The maximum absolute atomic E-state index is 13.1. The van der Waals surface area contributed by atoms with Gasteiger partial charge >= 0.3 is 0 Å². The number of nitrogens with zero attached hydrogens (tertiary/aromatic N) is 3. The predicted octanol–water partition coefficient (Wildman–Crippen LogP) is 1.87. The van der Waals surface area contributed by atoms with E-state index in [9.17, 15) is 9.59 Å². The zero-order valence-corrected chi connectivity index (χ0v) is 14.9. The highest BCUT2D eigenvalue weighted by Crippen LogP contribution is 2.35. The highest BCUT2D eigenvalue weighted by atomic mass is 16.2. The van der Waals surface area contributed by atoms with Gasteiger partial charge in [-0.1, -0.05) is 12.1 Å². The minimum Gasteiger partial charge on any atom is -0.335 e. The number of carbonyl (C=O) groups is 1. The Balaban J connectivity index is 1.42. The molecule has 2 bridgehead atoms. The number of carbonyl (C=O) groups excluding carboxylic acids is 1. The molecule has 26 heavy (non-hydrogen) atoms. The molecule has 1 aromatic heterocycles. The Morgan fingerprint density at radius 2 is 1.96 bits per heavy atom. The van der Waals surface area contributed by atoms with E-state index in [0.29, 0.717) is 23.0 Å². The fraction of sp³-hybridized carbons (Fsp3) is 0.550. The van der Waals surface area contributed by atoms with Crippen molar-refractivity contribution >= 4 is 16.9 Å². The van der Waals surface area contributed by atoms with Crippen LogP contribution < -0.4 is 5.56 Å². The fourth-order valence-electron chi connectivity index (χ4n) is 4.52. The molecule has 4 heterocycles. The summed E-state index contributed by atoms with van der Waals surface area (Å²) in [7, 11) is 0. The molecule has 1 aromatic carbocycles. The van der Waals surface area contributed by atoms with E-state index < -0.39 is 0 Å². The van der Waals surface area contributed by atoms with Crippen molar-refractivity contribution in [3.8, 4) is 0 Å². The molecule has 6 heteroatoms. The van der Waals surface area contributed by atoms with E-state index in [1.54, 1.807) is 6.07 Å². The van der Waals surface area contributed by atoms with Crippen molar-refractivity contribution in [1.29, 1.82) is 0 Å². The standard InChI is InChI=1S/C20H24N4O2/c25-19-18(21-16-3-1-2-4-17(16)22-19)20(26)24-11-14-7-8-15(12-24)23(10-14)9-13-5-6-13/h1-4,13-15H,5-12H2,(H,22,25)/t14-,15-/m1/s1. The summed E-state index contributed by atoms with van der Waals surface area (Å²) in [6.45, 7) is 3.73. The lowest BCUT2D eigenvalue weighted by Gasteiger charge is -2.36. The number of hydrogen-bond acceptors (Lipinski definition) is 4. The molecule has 0 unspecified atom stereocenters. The third-order valence-corrected chi connectivity index (χ3v) is 6.11. The molecular weight excluding hydrogens is 328 g/mol. The summed E-state index contributed by atoms with van der Waals surface area (Å²) in [5.41, 5.74) is 0.961. The SMILES string of the molecule is O=C(c1nc2ccccc2[nH]c1=O)N1C[C@@H]2CC[C@H](C1)N(CC1CC1)C2. The zero-order chi connectivity index (χ0) is 17.7. The van der Waals surface area contributed by atoms with Crippen molar-refractivity contribution in [2.75, 3.05) is 26.2 Å². The first kappa shape index (κ1) is 16.0. The molecule has 2 atom stereocenters. The smallest absolute Gasteiger partial charge is 0.280 e. The summed E-state index contributed by atoms with van der Waals surface area (Å²) in [6, 6.07) is 7.77. The number of para-hydroxylation sites is 2. The van der Waals surface area contributed by atoms with Crippen LogP contribution in [0.1, 0.15) is 36.2 Å². The molecule has 0 spiro atoms. The second-order valence-electron chi connectivity index (χ2n) is 8.14. The number of amides is 1. The Kier molecular flexibility index (Phi) is 3.81. The first-order valence-corrected chi connectivity index (χ1v) is 9.70. The zero-order valence-electron chi connectivity index (χ0n) is 14.9. The molecule has 1 aliphatic carbocycles. The Bertz CT molecular complexity index is 904. The minimum atomic E-state index is -0.389. The number of benzene rings is 1. The largest absolute Gasteiger partial charge is 0.335 e. The van der Waals surface area contributed by atoms with Crippen molar-refractivity contribution in [1.82, 2.24) is 19.8 Å². The highest BCUT2D eigenvalue weighted by molar-refractivity contribution is 5.93. The number of aromatic amines is 1. The number of nitrogens with one attached hydrogen (secondary N) is 1. The van der Waals surface area contributed by atoms with E-state index >= 15 is 0 Å². The van der Waals surface area contributed by atoms with E-state index in [1.165, 1.54) is 25.8 Å². The molecule has 6 nitrogen and oxygen atoms in total. The summed E-state index contributed by atoms with van der Waals surface area (Å²) in [5, 5.41) is 0. The van der Waals surface area contributed by atoms with Gasteiger partial charge in [-0.2, -0.15) is 0 Å². The van der Waals surface area contributed by atoms with Crippen LogP contribution in [0.25, 0.3) is 11.0 Å². The van der Waals surface area contributed by atoms with Crippen LogP contribution in [0.5, 0.6) is 0 Å². The lowest BCUT2D eigenvalue weighted by atomic mass is 9.95. The van der Waals surface area contributed by atoms with Crippen LogP contribution in [0.15, 0.2) is 29.1 Å². The summed E-state index contributed by atoms with van der Waals surface area (Å²) in [4.78, 5) is 37.2. The lowest BCUT2D eigenvalue weighted by Crippen LogP contribution is -2.45. The van der Waals surface area contributed by atoms with Crippen molar-refractivity contribution in [3.63, 3.8) is 0 Å². The van der Waals surface area contributed by atoms with Crippen LogP contribution in [0.3, 0.4) is 0 Å². The summed E-state index contributed by atoms with van der Waals surface area (Å²) in [5.74, 6) is 1.15. The number of H-pyrrole nitrogens is 1. The van der Waals surface area contributed by atoms with Crippen LogP contribution >= 0.6 is 0 Å². The summed E-state index contributed by atoms with van der Waals surface area (Å²) >= 11 is 0. The van der Waals surface area contributed by atoms with Crippen LogP contribution in [0, 0.1) is 11.8 Å². The molecule has 1 amide bonds. The molecule has 1 saturated carbocycles. The van der Waals surface area contributed by atoms with E-state index in [2.05, 4.69) is 14.9 Å². The number of piperidine rings is 1. The van der Waals surface area contributed by atoms with Crippen molar-refractivity contribution in [3.05, 3.63) is 40.3 Å². The van der Waals surface area contributed by atoms with Gasteiger partial charge in [0.15, 0.2) is 5.69 Å². The molecule has 4 fully saturated rings. The predicted molar refractivity (Wildman–Crippen MR) is 99.1 cm³/mol. The molecule has 136 valence electrons. The molecule has 0 radical (unpaired) electrons. The average Bonchev–Trinajstić information content (AvgIpc) is 3.48. The van der Waals surface area contributed by atoms with Gasteiger partial charge in [-0.05, 0) is 49.7 Å². The van der Waals surface area contributed by atoms with Gasteiger partial charge < -0.3 is 9.88 Å². The third kappa shape index (κ3) is 2.92. The molecule has 2 aromatic rings. The molecule has 3 saturated heterocycles. The van der Waals surface area contributed by atoms with Crippen molar-refractivity contribution < 1.29 is 4.79 Å². The average molecular weight is 352 g/mol. The fourth-order valence-corrected chi connectivity index (χ4v) is 4.52. The van der Waals surface area contributed by atoms with Crippen LogP contribution in [0.2, 0.25) is 0 Å². The van der Waals surface area contributed by atoms with Crippen LogP contribution in [-0.2, 0) is 0 Å². The first-order valence-electron chi connectivity index (χ1n) is 9.70. The van der Waals surface area contributed by atoms with Gasteiger partial charge in [0, 0.05) is 32.2 Å². The molecule has 1 N–H and O–H groups in total. The number of aromatic nitrogens is 2. The number of rotatable bonds is 3. The van der Waals surface area contributed by atoms with Gasteiger partial charge in [0.25, 0.3) is 11.5 Å². The quantitative estimate of drug-likeness (QED) is 0.916. The summed E-state index contributed by atoms with van der Waals surface area (Å²) < 4.78 is 0. The minimum absolute atomic E-state index is 0.0266. The monoisotopic (exact) mass is 352 g/mol. The Morgan fingerprint density at radius 3 is 2.81 bits per heavy atom. The van der Waals surface area contributed by atoms with Gasteiger partial charge in [-0.15, -0.1) is 0 Å². The van der Waals surface area contributed by atoms with Crippen molar-refractivity contribution in [2.24, 2.45) is 11.8 Å². The number of hydrogen-bond donors (Lipinski definition) is 1. The van der Waals surface area contributed by atoms with E-state index in [1.807, 2.05) is 23.1 Å². The Labute approximate surface area is 152 Å². The van der Waals surface area contributed by atoms with Gasteiger partial charge in [-0.3, -0.25) is 14.5 Å². The second kappa shape index (κ2) is 6.20. The van der Waals surface area contributed by atoms with Gasteiger partial charge in [-0.25, -0.2) is 4.98 Å². The van der Waals surface area contributed by atoms with E-state index in [0.717, 1.165) is 32.0 Å². The van der Waals surface area contributed by atoms with Crippen molar-refractivity contribution in [2.45, 2.75) is 31.7 Å². The molecule has 6 rings (SSSR count). The Hall–Kier alpha value is -2.21. The Morgan fingerprint density at radius 1 is 1.12 bits per heavy atom. The molecule has 4 aliphatic rings. The summed E-state index contributed by atoms with van der Waals surface area (Å²) in [6.07, 6.45) is 5.04. The van der Waals surface area contributed by atoms with Gasteiger partial charge in [0.05, 0.1) is 11.0 Å². The highest BCUT2D eigenvalue weighted by Gasteiger charge is 2.39. The van der Waals surface area contributed by atoms with Gasteiger partial charge in [0.2, 0.25) is 0 Å². The molecule has 3 aliphatic heterocycles. The van der Waals surface area contributed by atoms with Gasteiger partial charge in [0.1, 0.15) is 0 Å². The molecular formula is C20H24N4O2. The maximum atomic E-state index is 13.1. The second-order valence-corrected chi connectivity index (χ2v) is 8.14. The maximum Gasteiger partial charge on any atom is 0.280 e. The third-order valence-electron chi connectivity index (χ3n) is 6.11. The van der Waals surface area contributed by atoms with Crippen LogP contribution in [0.4, 0.5) is 0 Å². The van der Waals surface area contributed by atoms with Crippen LogP contribution in [-0.4, -0.2) is 57.9 Å². The van der Waals surface area contributed by atoms with E-state index in [4.69, 9.17) is 0 Å². The normalized spacial score (nSPS) is 26.2. The first-order chi connectivity index (χ1) is 12.7. The topological polar surface area (TPSA) is 69.3 Å². The van der Waals surface area contributed by atoms with E-state index in [-0.39, 0.29) is 17.2 Å². The lowest BCUT2D eigenvalue weighted by molar-refractivity contribution is 0.0729.